The number of aliphatic carboxylic acids is 1. The summed E-state index contributed by atoms with van der Waals surface area (Å²) in [7, 11) is -16.6. The number of aromatic amines is 1. The molecule has 1 fully saturated rings. The molecule has 444 valence electrons. The summed E-state index contributed by atoms with van der Waals surface area (Å²) < 4.78 is 62.5. The van der Waals surface area contributed by atoms with Crippen LogP contribution < -0.4 is 43.2 Å². The number of aliphatic hydroxyl groups excluding tert-OH is 3. The van der Waals surface area contributed by atoms with Crippen LogP contribution in [0.15, 0.2) is 46.7 Å². The van der Waals surface area contributed by atoms with Crippen LogP contribution in [0.2, 0.25) is 0 Å². The van der Waals surface area contributed by atoms with Gasteiger partial charge in [0, 0.05) is 61.1 Å². The Morgan fingerprint density at radius 3 is 2.36 bits per heavy atom. The Balaban J connectivity index is 0.895. The Kier molecular flexibility index (Phi) is 21.4. The number of H-pyrrole nitrogens is 1. The Hall–Kier alpha value is -6.37. The minimum absolute atomic E-state index is 0.000173. The number of aromatic nitrogens is 6. The molecule has 0 saturated carbocycles. The summed E-state index contributed by atoms with van der Waals surface area (Å²) in [4.78, 5) is 139. The fraction of sp³-hybridized carbons (Fsp3) is 0.488. The number of hydrogen-bond acceptors (Lipinski definition) is 27. The molecule has 81 heavy (non-hydrogen) atoms. The van der Waals surface area contributed by atoms with E-state index in [1.165, 1.54) is 37.1 Å². The van der Waals surface area contributed by atoms with Crippen LogP contribution in [0.5, 0.6) is 0 Å². The Morgan fingerprint density at radius 1 is 0.975 bits per heavy atom. The number of nitrogens with two attached hydrogens (primary N) is 2. The molecule has 3 aromatic heterocycles. The lowest BCUT2D eigenvalue weighted by Gasteiger charge is -2.32. The van der Waals surface area contributed by atoms with Crippen LogP contribution in [0.3, 0.4) is 0 Å². The predicted octanol–water partition coefficient (Wildman–Crippen LogP) is -2.05. The van der Waals surface area contributed by atoms with Crippen molar-refractivity contribution in [1.82, 2.24) is 45.4 Å². The van der Waals surface area contributed by atoms with E-state index in [2.05, 4.69) is 60.0 Å². The number of nitrogens with one attached hydrogen (secondary N) is 5. The number of fused-ring (bicyclic) bond motifs is 2. The molecule has 0 bridgehead atoms. The molecule has 5 heterocycles. The van der Waals surface area contributed by atoms with Gasteiger partial charge in [0.05, 0.1) is 31.6 Å². The Bertz CT molecular complexity index is 3190. The summed E-state index contributed by atoms with van der Waals surface area (Å²) in [6, 6.07) is 4.18. The number of carboxylic acids is 1. The van der Waals surface area contributed by atoms with E-state index in [0.717, 1.165) is 17.2 Å². The van der Waals surface area contributed by atoms with Crippen LogP contribution in [-0.2, 0) is 55.5 Å². The van der Waals surface area contributed by atoms with E-state index in [-0.39, 0.29) is 78.2 Å². The molecular weight excluding hydrogens is 1170 g/mol. The van der Waals surface area contributed by atoms with Crippen molar-refractivity contribution in [3.05, 3.63) is 52.8 Å². The number of benzene rings is 1. The summed E-state index contributed by atoms with van der Waals surface area (Å²) in [6.45, 7) is -0.566. The number of nitrogens with zero attached hydrogens (tertiary/aromatic N) is 7. The number of aliphatic imine (C=N–C) groups is 1. The van der Waals surface area contributed by atoms with E-state index in [9.17, 15) is 82.5 Å². The molecule has 1 aromatic carbocycles. The molecule has 0 spiro atoms. The normalized spacial score (nSPS) is 20.4. The Labute approximate surface area is 460 Å². The Morgan fingerprint density at radius 2 is 1.68 bits per heavy atom. The summed E-state index contributed by atoms with van der Waals surface area (Å²) in [6.07, 6.45) is -6.67. The third-order valence-electron chi connectivity index (χ3n) is 11.7. The number of carbonyl (C=O) groups excluding carboxylic acids is 4. The minimum Gasteiger partial charge on any atom is -0.481 e. The van der Waals surface area contributed by atoms with E-state index in [4.69, 9.17) is 25.3 Å². The number of nitrogen functional groups attached to an aromatic ring is 2. The highest BCUT2D eigenvalue weighted by Gasteiger charge is 2.50. The molecule has 40 heteroatoms. The number of phosphoric acid groups is 3. The molecule has 6 rings (SSSR count). The number of imidazole rings is 1. The fourth-order valence-electron chi connectivity index (χ4n) is 7.66. The first-order chi connectivity index (χ1) is 38.0. The van der Waals surface area contributed by atoms with Gasteiger partial charge in [-0.1, -0.05) is 25.6 Å². The summed E-state index contributed by atoms with van der Waals surface area (Å²) in [5.74, 6) is -3.79. The van der Waals surface area contributed by atoms with Gasteiger partial charge in [-0.25, -0.2) is 33.6 Å². The first-order valence-electron chi connectivity index (χ1n) is 23.7. The second kappa shape index (κ2) is 27.1. The number of aliphatic hydroxyl groups is 3. The van der Waals surface area contributed by atoms with Crippen molar-refractivity contribution in [3.8, 4) is 0 Å². The van der Waals surface area contributed by atoms with Crippen LogP contribution in [0.1, 0.15) is 49.7 Å². The standard InChI is InChI=1S/C41H57N14O22P3S/c1-41(2,16-74-80(71,72)77-79(69,70)73-15-24-30(76-78(66,67)68)29(60)38(75-24)54-18-50-27-32(42)48-17-49-34(27)54)31(61)37(64)45-10-9-25(57)44-11-12-81-39(65)23(7-8-26(58)59)51-35(62)20-3-5-21(6-4-20)46-13-22-14-47-33-28(55(22)19-56)36(63)53-40(43)52-33/h3-6,14,17-18,22-24,29-31,38,46,56,60-61H,7-13,15-16,19H2,1-2H3,(H,44,57)(H,45,64)(H,51,62)(H,58,59)(H,69,70)(H,71,72)(H2,42,48,49)(H2,66,67,68)(H3,43,52,53,63). The zero-order valence-corrected chi connectivity index (χ0v) is 46.0. The van der Waals surface area contributed by atoms with Gasteiger partial charge >= 0.3 is 29.4 Å². The van der Waals surface area contributed by atoms with Crippen molar-refractivity contribution in [2.24, 2.45) is 10.4 Å². The number of amides is 3. The van der Waals surface area contributed by atoms with Crippen molar-refractivity contribution < 1.29 is 100 Å². The topological polar surface area (TPSA) is 550 Å². The number of carbonyl (C=O) groups is 5. The summed E-state index contributed by atoms with van der Waals surface area (Å²) in [5.41, 5.74) is 9.81. The molecule has 1 saturated heterocycles. The van der Waals surface area contributed by atoms with Crippen molar-refractivity contribution in [2.75, 3.05) is 67.0 Å². The van der Waals surface area contributed by atoms with E-state index in [0.29, 0.717) is 17.4 Å². The SMILES string of the molecule is CC(C)(COP(=O)(O)OP(=O)(O)OCC1OC(n2cnc3c(N)ncnc32)C(O)C1OP(=O)(O)O)C(O)C(=O)NCCC(=O)NCCSC(=O)C(CCC(=O)O)NC(=O)c1ccc(NCC2C=Nc3nc(N)[nH]c(=O)c3N2CO)cc1. The van der Waals surface area contributed by atoms with Crippen LogP contribution in [0.4, 0.5) is 29.0 Å². The monoisotopic (exact) mass is 1220 g/mol. The molecular formula is C41H57N14O22P3S. The molecule has 3 amide bonds. The highest BCUT2D eigenvalue weighted by Crippen LogP contribution is 2.61. The lowest BCUT2D eigenvalue weighted by Crippen LogP contribution is -2.46. The molecule has 17 N–H and O–H groups in total. The van der Waals surface area contributed by atoms with Crippen LogP contribution in [0.25, 0.3) is 11.2 Å². The van der Waals surface area contributed by atoms with E-state index in [1.54, 1.807) is 12.1 Å². The van der Waals surface area contributed by atoms with Gasteiger partial charge in [-0.3, -0.25) is 51.9 Å². The van der Waals surface area contributed by atoms with Gasteiger partial charge in [-0.2, -0.15) is 9.29 Å². The van der Waals surface area contributed by atoms with Crippen molar-refractivity contribution in [2.45, 2.75) is 75.8 Å². The van der Waals surface area contributed by atoms with E-state index >= 15 is 0 Å². The smallest absolute Gasteiger partial charge is 0.481 e. The number of ether oxygens (including phenoxy) is 1. The van der Waals surface area contributed by atoms with Crippen molar-refractivity contribution >= 4 is 110 Å². The van der Waals surface area contributed by atoms with Gasteiger partial charge in [0.1, 0.15) is 43.0 Å². The first kappa shape index (κ1) is 63.8. The van der Waals surface area contributed by atoms with Gasteiger partial charge in [0.15, 0.2) is 29.2 Å². The quantitative estimate of drug-likeness (QED) is 0.0205. The molecule has 36 nitrogen and oxygen atoms in total. The van der Waals surface area contributed by atoms with E-state index < -0.39 is 132 Å². The maximum Gasteiger partial charge on any atom is 0.481 e. The van der Waals surface area contributed by atoms with E-state index in [1.807, 2.05) is 0 Å². The van der Waals surface area contributed by atoms with Gasteiger partial charge in [-0.05, 0) is 30.7 Å². The third-order valence-corrected chi connectivity index (χ3v) is 15.8. The molecule has 0 aliphatic carbocycles. The summed E-state index contributed by atoms with van der Waals surface area (Å²) >= 11 is 0.707. The van der Waals surface area contributed by atoms with Gasteiger partial charge in [0.25, 0.3) is 11.5 Å². The second-order valence-corrected chi connectivity index (χ2v) is 23.6. The van der Waals surface area contributed by atoms with Crippen LogP contribution in [-0.4, -0.2) is 186 Å². The average Bonchev–Trinajstić information content (AvgIpc) is 4.18. The molecule has 0 radical (unpaired) electrons. The summed E-state index contributed by atoms with van der Waals surface area (Å²) in [5, 5.41) is 50.8. The molecule has 9 atom stereocenters. The van der Waals surface area contributed by atoms with Crippen LogP contribution >= 0.6 is 35.2 Å². The highest BCUT2D eigenvalue weighted by molar-refractivity contribution is 8.13. The predicted molar refractivity (Wildman–Crippen MR) is 281 cm³/mol. The van der Waals surface area contributed by atoms with Crippen LogP contribution in [0, 0.1) is 5.41 Å². The number of hydrogen-bond donors (Lipinski definition) is 15. The number of carboxylic acid groups (broad SMARTS) is 1. The highest BCUT2D eigenvalue weighted by atomic mass is 32.2. The maximum atomic E-state index is 13.2. The number of anilines is 4. The first-order valence-corrected chi connectivity index (χ1v) is 29.2. The molecule has 4 aromatic rings. The lowest BCUT2D eigenvalue weighted by atomic mass is 9.87. The molecule has 2 aliphatic rings. The van der Waals surface area contributed by atoms with Crippen molar-refractivity contribution in [3.63, 3.8) is 0 Å². The minimum atomic E-state index is -5.65. The maximum absolute atomic E-state index is 13.2. The third kappa shape index (κ3) is 17.6. The number of thioether (sulfide) groups is 1. The second-order valence-electron chi connectivity index (χ2n) is 18.2. The fourth-order valence-corrected chi connectivity index (χ4v) is 11.3. The average molecular weight is 1220 g/mol. The van der Waals surface area contributed by atoms with Crippen molar-refractivity contribution in [1.29, 1.82) is 0 Å². The zero-order chi connectivity index (χ0) is 59.6. The zero-order valence-electron chi connectivity index (χ0n) is 42.5. The van der Waals surface area contributed by atoms with Gasteiger partial charge in [-0.15, -0.1) is 0 Å². The van der Waals surface area contributed by atoms with Gasteiger partial charge in [0.2, 0.25) is 22.9 Å². The number of rotatable bonds is 29. The largest absolute Gasteiger partial charge is 0.481 e. The number of phosphoric ester groups is 3. The molecule has 9 unspecified atom stereocenters. The lowest BCUT2D eigenvalue weighted by molar-refractivity contribution is -0.138. The molecule has 2 aliphatic heterocycles. The van der Waals surface area contributed by atoms with Gasteiger partial charge < -0.3 is 82.4 Å².